The summed E-state index contributed by atoms with van der Waals surface area (Å²) in [6.07, 6.45) is 1.24. The van der Waals surface area contributed by atoms with Crippen molar-refractivity contribution in [3.8, 4) is 11.5 Å². The fraction of sp³-hybridized carbons (Fsp3) is 0.444. The van der Waals surface area contributed by atoms with Gasteiger partial charge in [-0.2, -0.15) is 4.31 Å². The van der Waals surface area contributed by atoms with Crippen LogP contribution in [0.3, 0.4) is 0 Å². The summed E-state index contributed by atoms with van der Waals surface area (Å²) in [6.45, 7) is 5.59. The first-order valence-corrected chi connectivity index (χ1v) is 18.0. The first-order chi connectivity index (χ1) is 23.8. The number of nitrogens with one attached hydrogen (secondary N) is 2. The van der Waals surface area contributed by atoms with Gasteiger partial charge in [0, 0.05) is 44.0 Å². The molecule has 3 amide bonds. The molecule has 0 unspecified atom stereocenters. The molecular formula is C36H47FN4O8S. The van der Waals surface area contributed by atoms with Crippen LogP contribution < -0.4 is 20.1 Å². The van der Waals surface area contributed by atoms with Crippen molar-refractivity contribution in [3.63, 3.8) is 0 Å². The molecule has 4 rings (SSSR count). The first kappa shape index (κ1) is 38.6. The van der Waals surface area contributed by atoms with Gasteiger partial charge in [-0.15, -0.1) is 0 Å². The first-order valence-electron chi connectivity index (χ1n) is 16.6. The second-order valence-corrected chi connectivity index (χ2v) is 14.6. The number of aliphatic hydroxyl groups is 1. The number of rotatable bonds is 9. The number of benzene rings is 3. The van der Waals surface area contributed by atoms with Gasteiger partial charge in [-0.05, 0) is 99.8 Å². The molecule has 0 fully saturated rings. The van der Waals surface area contributed by atoms with Gasteiger partial charge in [0.2, 0.25) is 10.0 Å². The lowest BCUT2D eigenvalue weighted by Gasteiger charge is -2.35. The van der Waals surface area contributed by atoms with Crippen LogP contribution >= 0.6 is 0 Å². The van der Waals surface area contributed by atoms with Crippen LogP contribution in [0.2, 0.25) is 0 Å². The molecule has 0 aromatic heterocycles. The lowest BCUT2D eigenvalue weighted by Crippen LogP contribution is -2.48. The van der Waals surface area contributed by atoms with E-state index in [4.69, 9.17) is 14.2 Å². The highest BCUT2D eigenvalue weighted by atomic mass is 32.2. The summed E-state index contributed by atoms with van der Waals surface area (Å²) < 4.78 is 59.1. The van der Waals surface area contributed by atoms with E-state index in [1.54, 1.807) is 56.5 Å². The molecule has 50 heavy (non-hydrogen) atoms. The summed E-state index contributed by atoms with van der Waals surface area (Å²) in [5.74, 6) is -0.393. The Kier molecular flexibility index (Phi) is 13.6. The van der Waals surface area contributed by atoms with Crippen LogP contribution in [0.4, 0.5) is 20.6 Å². The predicted molar refractivity (Wildman–Crippen MR) is 189 cm³/mol. The summed E-state index contributed by atoms with van der Waals surface area (Å²) in [5.41, 5.74) is 1.08. The Bertz CT molecular complexity index is 1690. The molecular weight excluding hydrogens is 667 g/mol. The van der Waals surface area contributed by atoms with E-state index >= 15 is 0 Å². The molecule has 3 aromatic rings. The highest BCUT2D eigenvalue weighted by molar-refractivity contribution is 7.89. The fourth-order valence-electron chi connectivity index (χ4n) is 5.57. The summed E-state index contributed by atoms with van der Waals surface area (Å²) in [5, 5.41) is 15.7. The zero-order valence-electron chi connectivity index (χ0n) is 29.1. The zero-order valence-corrected chi connectivity index (χ0v) is 29.9. The van der Waals surface area contributed by atoms with E-state index in [-0.39, 0.29) is 42.2 Å². The van der Waals surface area contributed by atoms with E-state index < -0.39 is 39.9 Å². The number of amides is 3. The fourth-order valence-corrected chi connectivity index (χ4v) is 6.75. The average Bonchev–Trinajstić information content (AvgIpc) is 3.09. The molecule has 3 N–H and O–H groups in total. The second kappa shape index (κ2) is 17.6. The van der Waals surface area contributed by atoms with Crippen molar-refractivity contribution in [3.05, 3.63) is 78.1 Å². The highest BCUT2D eigenvalue weighted by Crippen LogP contribution is 2.29. The SMILES string of the molecule is COc1ccc(NC(=O)Nc2ccc3c(c2)C(=O)N([C@@H](C)CO)C[C@H](C)[C@@H](CN(C)S(=O)(=O)c2ccc(F)cc2)OCCCC[C@H](C)O3)cc1. The molecule has 0 saturated heterocycles. The monoisotopic (exact) mass is 714 g/mol. The van der Waals surface area contributed by atoms with Gasteiger partial charge in [0.15, 0.2) is 0 Å². The number of nitrogens with zero attached hydrogens (tertiary/aromatic N) is 2. The Balaban J connectivity index is 1.61. The van der Waals surface area contributed by atoms with Crippen LogP contribution in [0.5, 0.6) is 11.5 Å². The number of hydrogen-bond donors (Lipinski definition) is 3. The van der Waals surface area contributed by atoms with Crippen molar-refractivity contribution in [2.75, 3.05) is 51.1 Å². The van der Waals surface area contributed by atoms with E-state index in [1.165, 1.54) is 28.4 Å². The zero-order chi connectivity index (χ0) is 36.4. The molecule has 0 aliphatic carbocycles. The van der Waals surface area contributed by atoms with Crippen LogP contribution in [-0.4, -0.2) is 93.4 Å². The molecule has 12 nitrogen and oxygen atoms in total. The van der Waals surface area contributed by atoms with E-state index in [0.717, 1.165) is 18.6 Å². The Morgan fingerprint density at radius 2 is 1.72 bits per heavy atom. The third-order valence-electron chi connectivity index (χ3n) is 8.62. The molecule has 272 valence electrons. The minimum Gasteiger partial charge on any atom is -0.497 e. The number of urea groups is 1. The summed E-state index contributed by atoms with van der Waals surface area (Å²) in [7, 11) is -0.976. The van der Waals surface area contributed by atoms with Gasteiger partial charge >= 0.3 is 6.03 Å². The number of likely N-dealkylation sites (N-methyl/N-ethyl adjacent to an activating group) is 1. The standard InChI is InChI=1S/C36H47FN4O8S/c1-24-21-41(25(2)23-42)35(43)32-20-29(39-36(44)38-28-11-14-30(47-5)15-12-28)13-18-33(32)49-26(3)8-6-7-19-48-34(24)22-40(4)50(45,46)31-16-9-27(37)10-17-31/h9-18,20,24-26,34,42H,6-8,19,21-23H2,1-5H3,(H2,38,39,44)/t24-,25-,26-,34+/m0/s1. The maximum Gasteiger partial charge on any atom is 0.323 e. The molecule has 3 aromatic carbocycles. The number of carbonyl (C=O) groups excluding carboxylic acids is 2. The van der Waals surface area contributed by atoms with Gasteiger partial charge in [0.05, 0.1) is 42.4 Å². The van der Waals surface area contributed by atoms with Crippen molar-refractivity contribution >= 4 is 33.3 Å². The number of anilines is 2. The Morgan fingerprint density at radius 3 is 2.38 bits per heavy atom. The molecule has 0 bridgehead atoms. The predicted octanol–water partition coefficient (Wildman–Crippen LogP) is 5.59. The lowest BCUT2D eigenvalue weighted by molar-refractivity contribution is -0.00834. The van der Waals surface area contributed by atoms with Crippen molar-refractivity contribution in [1.82, 2.24) is 9.21 Å². The van der Waals surface area contributed by atoms with Crippen LogP contribution in [0, 0.1) is 11.7 Å². The van der Waals surface area contributed by atoms with E-state index in [0.29, 0.717) is 42.3 Å². The molecule has 0 radical (unpaired) electrons. The number of ether oxygens (including phenoxy) is 3. The normalized spacial score (nSPS) is 19.9. The summed E-state index contributed by atoms with van der Waals surface area (Å²) in [6, 6.07) is 15.1. The highest BCUT2D eigenvalue weighted by Gasteiger charge is 2.32. The van der Waals surface area contributed by atoms with Crippen LogP contribution in [-0.2, 0) is 14.8 Å². The van der Waals surface area contributed by atoms with Gasteiger partial charge < -0.3 is 34.9 Å². The quantitative estimate of drug-likeness (QED) is 0.260. The average molecular weight is 715 g/mol. The van der Waals surface area contributed by atoms with Gasteiger partial charge in [-0.25, -0.2) is 17.6 Å². The van der Waals surface area contributed by atoms with E-state index in [1.807, 2.05) is 13.8 Å². The number of fused-ring (bicyclic) bond motifs is 1. The summed E-state index contributed by atoms with van der Waals surface area (Å²) in [4.78, 5) is 28.7. The van der Waals surface area contributed by atoms with Crippen LogP contribution in [0.25, 0.3) is 0 Å². The van der Waals surface area contributed by atoms with Crippen molar-refractivity contribution in [2.45, 2.75) is 63.2 Å². The number of carbonyl (C=O) groups is 2. The number of methoxy groups -OCH3 is 1. The van der Waals surface area contributed by atoms with Gasteiger partial charge in [0.25, 0.3) is 5.91 Å². The van der Waals surface area contributed by atoms with E-state index in [2.05, 4.69) is 10.6 Å². The Morgan fingerprint density at radius 1 is 1.06 bits per heavy atom. The smallest absolute Gasteiger partial charge is 0.323 e. The molecule has 14 heteroatoms. The Hall–Kier alpha value is -4.24. The maximum absolute atomic E-state index is 14.4. The topological polar surface area (TPSA) is 147 Å². The van der Waals surface area contributed by atoms with Crippen LogP contribution in [0.1, 0.15) is 50.4 Å². The number of halogens is 1. The third-order valence-corrected chi connectivity index (χ3v) is 10.5. The second-order valence-electron chi connectivity index (χ2n) is 12.6. The number of aliphatic hydroxyl groups excluding tert-OH is 1. The number of hydrogen-bond acceptors (Lipinski definition) is 8. The molecule has 1 aliphatic rings. The minimum atomic E-state index is -3.97. The molecule has 1 aliphatic heterocycles. The van der Waals surface area contributed by atoms with E-state index in [9.17, 15) is 27.5 Å². The van der Waals surface area contributed by atoms with Crippen molar-refractivity contribution < 1.29 is 41.7 Å². The lowest BCUT2D eigenvalue weighted by atomic mass is 10.0. The molecule has 4 atom stereocenters. The van der Waals surface area contributed by atoms with Gasteiger partial charge in [-0.3, -0.25) is 4.79 Å². The molecule has 1 heterocycles. The summed E-state index contributed by atoms with van der Waals surface area (Å²) >= 11 is 0. The van der Waals surface area contributed by atoms with Gasteiger partial charge in [-0.1, -0.05) is 6.92 Å². The van der Waals surface area contributed by atoms with Crippen molar-refractivity contribution in [2.24, 2.45) is 5.92 Å². The molecule has 0 saturated carbocycles. The minimum absolute atomic E-state index is 0.0239. The van der Waals surface area contributed by atoms with Crippen LogP contribution in [0.15, 0.2) is 71.6 Å². The largest absolute Gasteiger partial charge is 0.497 e. The van der Waals surface area contributed by atoms with Gasteiger partial charge in [0.1, 0.15) is 17.3 Å². The molecule has 0 spiro atoms. The third kappa shape index (κ3) is 10.2. The maximum atomic E-state index is 14.4. The number of sulfonamides is 1. The van der Waals surface area contributed by atoms with Crippen molar-refractivity contribution in [1.29, 1.82) is 0 Å². The Labute approximate surface area is 293 Å².